The van der Waals surface area contributed by atoms with Crippen molar-refractivity contribution in [3.8, 4) is 0 Å². The van der Waals surface area contributed by atoms with Crippen molar-refractivity contribution < 1.29 is 28.2 Å². The average molecular weight is 548 g/mol. The lowest BCUT2D eigenvalue weighted by atomic mass is 9.97. The molecule has 0 saturated carbocycles. The number of carbonyl (C=O) groups excluding carboxylic acids is 2. The summed E-state index contributed by atoms with van der Waals surface area (Å²) in [6.45, 7) is 9.41. The predicted octanol–water partition coefficient (Wildman–Crippen LogP) is 4.87. The molecular formula is C30H43F2N3O4. The molecule has 3 atom stereocenters. The van der Waals surface area contributed by atoms with Crippen molar-refractivity contribution in [2.45, 2.75) is 97.1 Å². The normalized spacial score (nSPS) is 14.0. The third-order valence-corrected chi connectivity index (χ3v) is 6.24. The van der Waals surface area contributed by atoms with Crippen molar-refractivity contribution in [2.75, 3.05) is 6.54 Å². The second-order valence-corrected chi connectivity index (χ2v) is 10.9. The topological polar surface area (TPSA) is 105 Å². The minimum Gasteiger partial charge on any atom is -0.443 e. The number of nitrogens with zero attached hydrogens (tertiary/aromatic N) is 1. The number of hydrogen-bond donors (Lipinski definition) is 3. The van der Waals surface area contributed by atoms with Crippen LogP contribution >= 0.6 is 0 Å². The van der Waals surface area contributed by atoms with Crippen LogP contribution in [-0.2, 0) is 28.9 Å². The van der Waals surface area contributed by atoms with Gasteiger partial charge in [-0.2, -0.15) is 0 Å². The molecular weight excluding hydrogens is 504 g/mol. The molecule has 0 saturated heterocycles. The number of hydrogen-bond acceptors (Lipinski definition) is 6. The van der Waals surface area contributed by atoms with Crippen molar-refractivity contribution >= 4 is 12.0 Å². The smallest absolute Gasteiger partial charge is 0.417 e. The van der Waals surface area contributed by atoms with E-state index in [1.165, 1.54) is 5.56 Å². The predicted molar refractivity (Wildman–Crippen MR) is 148 cm³/mol. The number of aryl methyl sites for hydroxylation is 1. The van der Waals surface area contributed by atoms with Crippen molar-refractivity contribution in [2.24, 2.45) is 5.73 Å². The van der Waals surface area contributed by atoms with Crippen LogP contribution in [-0.4, -0.2) is 52.3 Å². The standard InChI is InChI=1S/C30H43F2N3O4/c1-6-8-12-25(33)28(37)35(29(38)39-30(3,4)5)26(16-22-14-23(31)17-24(32)15-22)27(36)19-34-18-21-11-9-10-20(7-2)13-21/h9-11,13-15,17,25-27,34,36H,6-8,12,16,18-19,33H2,1-5H3/t25-,26+,27-/m1/s1. The van der Waals surface area contributed by atoms with E-state index in [0.717, 1.165) is 41.5 Å². The summed E-state index contributed by atoms with van der Waals surface area (Å²) < 4.78 is 33.6. The molecule has 0 fully saturated rings. The van der Waals surface area contributed by atoms with E-state index in [1.807, 2.05) is 25.1 Å². The highest BCUT2D eigenvalue weighted by Gasteiger charge is 2.39. The lowest BCUT2D eigenvalue weighted by molar-refractivity contribution is -0.136. The molecule has 0 spiro atoms. The van der Waals surface area contributed by atoms with E-state index < -0.39 is 47.4 Å². The van der Waals surface area contributed by atoms with Gasteiger partial charge in [0.05, 0.1) is 18.2 Å². The highest BCUT2D eigenvalue weighted by Crippen LogP contribution is 2.21. The van der Waals surface area contributed by atoms with Gasteiger partial charge in [-0.3, -0.25) is 4.79 Å². The van der Waals surface area contributed by atoms with Crippen molar-refractivity contribution in [1.82, 2.24) is 10.2 Å². The van der Waals surface area contributed by atoms with Crippen LogP contribution < -0.4 is 11.1 Å². The minimum absolute atomic E-state index is 0.00437. The molecule has 216 valence electrons. The molecule has 39 heavy (non-hydrogen) atoms. The number of aliphatic hydroxyl groups excluding tert-OH is 1. The van der Waals surface area contributed by atoms with Crippen LogP contribution in [0.5, 0.6) is 0 Å². The van der Waals surface area contributed by atoms with Gasteiger partial charge in [-0.05, 0) is 68.9 Å². The van der Waals surface area contributed by atoms with E-state index in [1.54, 1.807) is 20.8 Å². The van der Waals surface area contributed by atoms with E-state index in [2.05, 4.69) is 18.3 Å². The molecule has 0 aliphatic carbocycles. The molecule has 4 N–H and O–H groups in total. The second kappa shape index (κ2) is 15.1. The first-order chi connectivity index (χ1) is 18.3. The van der Waals surface area contributed by atoms with Gasteiger partial charge in [0.15, 0.2) is 0 Å². The van der Waals surface area contributed by atoms with Crippen LogP contribution in [0.2, 0.25) is 0 Å². The maximum Gasteiger partial charge on any atom is 0.417 e. The molecule has 2 rings (SSSR count). The molecule has 0 heterocycles. The van der Waals surface area contributed by atoms with Gasteiger partial charge in [-0.1, -0.05) is 51.0 Å². The zero-order valence-electron chi connectivity index (χ0n) is 23.7. The summed E-state index contributed by atoms with van der Waals surface area (Å²) in [6, 6.07) is 8.73. The van der Waals surface area contributed by atoms with Gasteiger partial charge in [-0.25, -0.2) is 18.5 Å². The van der Waals surface area contributed by atoms with E-state index in [4.69, 9.17) is 10.5 Å². The maximum atomic E-state index is 14.0. The Bertz CT molecular complexity index is 1070. The summed E-state index contributed by atoms with van der Waals surface area (Å²) in [5, 5.41) is 14.5. The number of nitrogens with two attached hydrogens (primary N) is 1. The Labute approximate surface area is 230 Å². The molecule has 0 aliphatic rings. The molecule has 9 heteroatoms. The Morgan fingerprint density at radius 2 is 1.69 bits per heavy atom. The highest BCUT2D eigenvalue weighted by atomic mass is 19.1. The number of carbonyl (C=O) groups is 2. The molecule has 0 radical (unpaired) electrons. The van der Waals surface area contributed by atoms with Crippen molar-refractivity contribution in [3.63, 3.8) is 0 Å². The van der Waals surface area contributed by atoms with Crippen LogP contribution in [0.25, 0.3) is 0 Å². The Hall–Kier alpha value is -2.88. The Balaban J connectivity index is 2.40. The number of unbranched alkanes of at least 4 members (excludes halogenated alkanes) is 1. The lowest BCUT2D eigenvalue weighted by Gasteiger charge is -2.36. The first kappa shape index (κ1) is 32.3. The second-order valence-electron chi connectivity index (χ2n) is 10.9. The van der Waals surface area contributed by atoms with E-state index >= 15 is 0 Å². The Morgan fingerprint density at radius 3 is 2.28 bits per heavy atom. The number of halogens is 2. The average Bonchev–Trinajstić information content (AvgIpc) is 2.85. The minimum atomic E-state index is -1.29. The maximum absolute atomic E-state index is 14.0. The first-order valence-electron chi connectivity index (χ1n) is 13.6. The Morgan fingerprint density at radius 1 is 1.05 bits per heavy atom. The van der Waals surface area contributed by atoms with Crippen LogP contribution in [0.3, 0.4) is 0 Å². The molecule has 0 bridgehead atoms. The van der Waals surface area contributed by atoms with Crippen LogP contribution in [0.15, 0.2) is 42.5 Å². The molecule has 2 aromatic rings. The van der Waals surface area contributed by atoms with Crippen LogP contribution in [0.4, 0.5) is 13.6 Å². The summed E-state index contributed by atoms with van der Waals surface area (Å²) in [7, 11) is 0. The van der Waals surface area contributed by atoms with Crippen LogP contribution in [0.1, 0.15) is 70.6 Å². The van der Waals surface area contributed by atoms with Gasteiger partial charge in [-0.15, -0.1) is 0 Å². The highest BCUT2D eigenvalue weighted by molar-refractivity contribution is 5.95. The fourth-order valence-electron chi connectivity index (χ4n) is 4.26. The van der Waals surface area contributed by atoms with Crippen molar-refractivity contribution in [1.29, 1.82) is 0 Å². The number of rotatable bonds is 13. The SMILES string of the molecule is CCCC[C@@H](N)C(=O)N(C(=O)OC(C)(C)C)[C@@H](Cc1cc(F)cc(F)c1)[C@H](O)CNCc1cccc(CC)c1. The molecule has 0 aromatic heterocycles. The molecule has 0 unspecified atom stereocenters. The lowest BCUT2D eigenvalue weighted by Crippen LogP contribution is -2.58. The molecule has 2 amide bonds. The number of amides is 2. The third-order valence-electron chi connectivity index (χ3n) is 6.24. The monoisotopic (exact) mass is 547 g/mol. The van der Waals surface area contributed by atoms with Gasteiger partial charge in [0.2, 0.25) is 5.91 Å². The van der Waals surface area contributed by atoms with Crippen LogP contribution in [0, 0.1) is 11.6 Å². The largest absolute Gasteiger partial charge is 0.443 e. The zero-order valence-corrected chi connectivity index (χ0v) is 23.7. The molecule has 0 aliphatic heterocycles. The summed E-state index contributed by atoms with van der Waals surface area (Å²) in [6.07, 6.45) is 0.206. The first-order valence-corrected chi connectivity index (χ1v) is 13.6. The summed E-state index contributed by atoms with van der Waals surface area (Å²) in [5.74, 6) is -2.32. The van der Waals surface area contributed by atoms with Gasteiger partial charge < -0.3 is 20.9 Å². The van der Waals surface area contributed by atoms with E-state index in [-0.39, 0.29) is 18.5 Å². The molecule has 2 aromatic carbocycles. The quantitative estimate of drug-likeness (QED) is 0.331. The third kappa shape index (κ3) is 10.7. The Kier molecular flexibility index (Phi) is 12.5. The van der Waals surface area contributed by atoms with Gasteiger partial charge >= 0.3 is 6.09 Å². The van der Waals surface area contributed by atoms with Gasteiger partial charge in [0.25, 0.3) is 0 Å². The van der Waals surface area contributed by atoms with E-state index in [9.17, 15) is 23.5 Å². The number of ether oxygens (including phenoxy) is 1. The number of nitrogens with one attached hydrogen (secondary N) is 1. The summed E-state index contributed by atoms with van der Waals surface area (Å²) in [4.78, 5) is 27.7. The summed E-state index contributed by atoms with van der Waals surface area (Å²) >= 11 is 0. The van der Waals surface area contributed by atoms with E-state index in [0.29, 0.717) is 19.4 Å². The number of imide groups is 1. The van der Waals surface area contributed by atoms with Crippen molar-refractivity contribution in [3.05, 3.63) is 70.8 Å². The van der Waals surface area contributed by atoms with Gasteiger partial charge in [0.1, 0.15) is 17.2 Å². The molecule has 7 nitrogen and oxygen atoms in total. The fraction of sp³-hybridized carbons (Fsp3) is 0.533. The van der Waals surface area contributed by atoms with Gasteiger partial charge in [0, 0.05) is 19.2 Å². The number of aliphatic hydroxyl groups is 1. The fourth-order valence-corrected chi connectivity index (χ4v) is 4.26. The zero-order chi connectivity index (χ0) is 29.2. The summed E-state index contributed by atoms with van der Waals surface area (Å²) in [5.41, 5.74) is 7.59. The number of benzene rings is 2.